The van der Waals surface area contributed by atoms with Crippen LogP contribution in [0.3, 0.4) is 0 Å². The number of para-hydroxylation sites is 3. The second-order valence-corrected chi connectivity index (χ2v) is 14.5. The molecule has 0 spiro atoms. The molecule has 0 aliphatic carbocycles. The zero-order chi connectivity index (χ0) is 37.7. The van der Waals surface area contributed by atoms with Crippen LogP contribution >= 0.6 is 0 Å². The first kappa shape index (κ1) is 32.8. The average Bonchev–Trinajstić information content (AvgIpc) is 3.83. The van der Waals surface area contributed by atoms with Crippen molar-refractivity contribution in [1.82, 2.24) is 4.57 Å². The molecule has 3 nitrogen and oxygen atoms in total. The van der Waals surface area contributed by atoms with Gasteiger partial charge in [0.05, 0.1) is 27.8 Å². The van der Waals surface area contributed by atoms with E-state index in [4.69, 9.17) is 4.42 Å². The number of nitrogens with zero attached hydrogens (tertiary/aromatic N) is 2. The summed E-state index contributed by atoms with van der Waals surface area (Å²) in [5.41, 5.74) is 15.5. The number of furan rings is 1. The van der Waals surface area contributed by atoms with Gasteiger partial charge < -0.3 is 13.9 Å². The third-order valence-corrected chi connectivity index (χ3v) is 11.2. The maximum atomic E-state index is 6.65. The summed E-state index contributed by atoms with van der Waals surface area (Å²) >= 11 is 0. The van der Waals surface area contributed by atoms with E-state index in [1.807, 2.05) is 0 Å². The molecule has 0 saturated heterocycles. The first-order valence-electron chi connectivity index (χ1n) is 19.4. The van der Waals surface area contributed by atoms with Gasteiger partial charge in [0.15, 0.2) is 0 Å². The summed E-state index contributed by atoms with van der Waals surface area (Å²) in [6, 6.07) is 78.0. The van der Waals surface area contributed by atoms with Crippen LogP contribution < -0.4 is 4.90 Å². The number of aromatic nitrogens is 1. The normalized spacial score (nSPS) is 11.5. The highest BCUT2D eigenvalue weighted by molar-refractivity contribution is 6.15. The molecule has 0 unspecified atom stereocenters. The molecular formula is C54H36N2O. The molecule has 0 saturated carbocycles. The highest BCUT2D eigenvalue weighted by Crippen LogP contribution is 2.47. The quantitative estimate of drug-likeness (QED) is 0.163. The molecule has 3 heteroatoms. The van der Waals surface area contributed by atoms with Crippen LogP contribution in [-0.4, -0.2) is 4.57 Å². The third-order valence-electron chi connectivity index (χ3n) is 11.2. The van der Waals surface area contributed by atoms with Crippen LogP contribution in [0, 0.1) is 0 Å². The Labute approximate surface area is 330 Å². The van der Waals surface area contributed by atoms with E-state index in [1.165, 1.54) is 32.9 Å². The minimum atomic E-state index is 0.851. The lowest BCUT2D eigenvalue weighted by molar-refractivity contribution is 0.669. The molecule has 9 aromatic carbocycles. The van der Waals surface area contributed by atoms with Crippen molar-refractivity contribution in [2.75, 3.05) is 4.90 Å². The molecule has 0 aliphatic rings. The van der Waals surface area contributed by atoms with E-state index < -0.39 is 0 Å². The van der Waals surface area contributed by atoms with Gasteiger partial charge in [0.1, 0.15) is 11.2 Å². The molecule has 57 heavy (non-hydrogen) atoms. The molecule has 11 aromatic rings. The first-order valence-corrected chi connectivity index (χ1v) is 19.4. The van der Waals surface area contributed by atoms with Crippen molar-refractivity contribution in [1.29, 1.82) is 0 Å². The standard InChI is InChI=1S/C54H36N2O/c1-4-15-37(16-5-1)38-27-31-43(32-28-38)56(48-23-12-10-21-44(48)39-17-6-2-7-18-39)51-25-14-26-53-54(51)47-36-41(30-34-52(47)57-53)40-29-33-50-46(35-40)45-22-11-13-24-49(45)55(50)42-19-8-3-9-20-42/h1-36H. The van der Waals surface area contributed by atoms with Crippen LogP contribution in [0.5, 0.6) is 0 Å². The Morgan fingerprint density at radius 1 is 0.351 bits per heavy atom. The molecular weight excluding hydrogens is 693 g/mol. The maximum Gasteiger partial charge on any atom is 0.137 e. The number of hydrogen-bond donors (Lipinski definition) is 0. The Morgan fingerprint density at radius 3 is 1.72 bits per heavy atom. The van der Waals surface area contributed by atoms with Crippen LogP contribution in [0.4, 0.5) is 17.1 Å². The lowest BCUT2D eigenvalue weighted by Crippen LogP contribution is -2.11. The van der Waals surface area contributed by atoms with E-state index in [0.29, 0.717) is 0 Å². The molecule has 0 radical (unpaired) electrons. The van der Waals surface area contributed by atoms with Gasteiger partial charge in [0.2, 0.25) is 0 Å². The molecule has 0 aliphatic heterocycles. The predicted molar refractivity (Wildman–Crippen MR) is 239 cm³/mol. The van der Waals surface area contributed by atoms with Gasteiger partial charge in [-0.1, -0.05) is 146 Å². The Kier molecular flexibility index (Phi) is 7.82. The second-order valence-electron chi connectivity index (χ2n) is 14.5. The fourth-order valence-corrected chi connectivity index (χ4v) is 8.55. The van der Waals surface area contributed by atoms with E-state index >= 15 is 0 Å². The molecule has 0 amide bonds. The van der Waals surface area contributed by atoms with Crippen molar-refractivity contribution in [3.63, 3.8) is 0 Å². The van der Waals surface area contributed by atoms with Crippen LogP contribution in [-0.2, 0) is 0 Å². The molecule has 0 fully saturated rings. The van der Waals surface area contributed by atoms with Crippen LogP contribution in [0.25, 0.3) is 82.8 Å². The largest absolute Gasteiger partial charge is 0.456 e. The number of benzene rings is 9. The summed E-state index contributed by atoms with van der Waals surface area (Å²) in [7, 11) is 0. The van der Waals surface area contributed by atoms with Crippen molar-refractivity contribution in [2.24, 2.45) is 0 Å². The number of fused-ring (bicyclic) bond motifs is 6. The summed E-state index contributed by atoms with van der Waals surface area (Å²) in [5.74, 6) is 0. The highest BCUT2D eigenvalue weighted by atomic mass is 16.3. The first-order chi connectivity index (χ1) is 28.3. The Hall–Kier alpha value is -7.62. The number of rotatable bonds is 7. The molecule has 0 bridgehead atoms. The van der Waals surface area contributed by atoms with Crippen molar-refractivity contribution in [2.45, 2.75) is 0 Å². The van der Waals surface area contributed by atoms with Crippen molar-refractivity contribution in [3.8, 4) is 39.1 Å². The molecule has 0 atom stereocenters. The van der Waals surface area contributed by atoms with Gasteiger partial charge in [-0.3, -0.25) is 0 Å². The Balaban J connectivity index is 1.11. The van der Waals surface area contributed by atoms with Gasteiger partial charge in [-0.15, -0.1) is 0 Å². The summed E-state index contributed by atoms with van der Waals surface area (Å²) in [5, 5.41) is 4.62. The van der Waals surface area contributed by atoms with Gasteiger partial charge in [-0.2, -0.15) is 0 Å². The predicted octanol–water partition coefficient (Wildman–Crippen LogP) is 15.2. The fourth-order valence-electron chi connectivity index (χ4n) is 8.55. The lowest BCUT2D eigenvalue weighted by Gasteiger charge is -2.28. The monoisotopic (exact) mass is 728 g/mol. The van der Waals surface area contributed by atoms with Gasteiger partial charge in [-0.05, 0) is 101 Å². The van der Waals surface area contributed by atoms with Gasteiger partial charge in [0.25, 0.3) is 0 Å². The number of anilines is 3. The smallest absolute Gasteiger partial charge is 0.137 e. The lowest BCUT2D eigenvalue weighted by atomic mass is 9.98. The van der Waals surface area contributed by atoms with Gasteiger partial charge in [0, 0.05) is 33.1 Å². The van der Waals surface area contributed by atoms with Crippen LogP contribution in [0.1, 0.15) is 0 Å². The SMILES string of the molecule is c1ccc(-c2ccc(N(c3ccccc3-c3ccccc3)c3cccc4oc5ccc(-c6ccc7c(c6)c6ccccc6n7-c6ccccc6)cc5c34)cc2)cc1. The van der Waals surface area contributed by atoms with E-state index in [0.717, 1.165) is 66.9 Å². The molecule has 2 aromatic heterocycles. The zero-order valence-corrected chi connectivity index (χ0v) is 31.1. The molecule has 11 rings (SSSR count). The topological polar surface area (TPSA) is 21.3 Å². The Bertz CT molecular complexity index is 3220. The van der Waals surface area contributed by atoms with Crippen LogP contribution in [0.2, 0.25) is 0 Å². The van der Waals surface area contributed by atoms with Crippen molar-refractivity contribution >= 4 is 60.8 Å². The van der Waals surface area contributed by atoms with Gasteiger partial charge in [-0.25, -0.2) is 0 Å². The molecule has 2 heterocycles. The van der Waals surface area contributed by atoms with Crippen molar-refractivity contribution < 1.29 is 4.42 Å². The summed E-state index contributed by atoms with van der Waals surface area (Å²) in [6.07, 6.45) is 0. The highest BCUT2D eigenvalue weighted by Gasteiger charge is 2.22. The van der Waals surface area contributed by atoms with Crippen LogP contribution in [0.15, 0.2) is 223 Å². The number of hydrogen-bond acceptors (Lipinski definition) is 2. The zero-order valence-electron chi connectivity index (χ0n) is 31.1. The minimum absolute atomic E-state index is 0.851. The fraction of sp³-hybridized carbons (Fsp3) is 0. The second kappa shape index (κ2) is 13.6. The summed E-state index contributed by atoms with van der Waals surface area (Å²) in [4.78, 5) is 2.39. The molecule has 0 N–H and O–H groups in total. The van der Waals surface area contributed by atoms with E-state index in [2.05, 4.69) is 228 Å². The summed E-state index contributed by atoms with van der Waals surface area (Å²) in [6.45, 7) is 0. The van der Waals surface area contributed by atoms with E-state index in [1.54, 1.807) is 0 Å². The average molecular weight is 729 g/mol. The minimum Gasteiger partial charge on any atom is -0.456 e. The Morgan fingerprint density at radius 2 is 0.930 bits per heavy atom. The van der Waals surface area contributed by atoms with Gasteiger partial charge >= 0.3 is 0 Å². The van der Waals surface area contributed by atoms with E-state index in [9.17, 15) is 0 Å². The summed E-state index contributed by atoms with van der Waals surface area (Å²) < 4.78 is 9.01. The molecule has 268 valence electrons. The van der Waals surface area contributed by atoms with Crippen molar-refractivity contribution in [3.05, 3.63) is 218 Å². The third kappa shape index (κ3) is 5.60. The van der Waals surface area contributed by atoms with E-state index in [-0.39, 0.29) is 0 Å². The maximum absolute atomic E-state index is 6.65.